The van der Waals surface area contributed by atoms with Crippen molar-refractivity contribution in [2.24, 2.45) is 0 Å². The zero-order valence-corrected chi connectivity index (χ0v) is 13.2. The van der Waals surface area contributed by atoms with Crippen molar-refractivity contribution >= 4 is 29.2 Å². The summed E-state index contributed by atoms with van der Waals surface area (Å²) < 4.78 is 24.0. The lowest BCUT2D eigenvalue weighted by molar-refractivity contribution is -0.142. The van der Waals surface area contributed by atoms with Crippen LogP contribution in [0.4, 0.5) is 4.39 Å². The van der Waals surface area contributed by atoms with Gasteiger partial charge in [-0.15, -0.1) is 0 Å². The molecule has 22 heavy (non-hydrogen) atoms. The highest BCUT2D eigenvalue weighted by Crippen LogP contribution is 2.35. The van der Waals surface area contributed by atoms with Gasteiger partial charge in [-0.05, 0) is 12.1 Å². The first kappa shape index (κ1) is 16.5. The third-order valence-corrected chi connectivity index (χ3v) is 3.47. The van der Waals surface area contributed by atoms with E-state index in [1.807, 2.05) is 0 Å². The van der Waals surface area contributed by atoms with Gasteiger partial charge in [-0.25, -0.2) is 14.4 Å². The average Bonchev–Trinajstić information content (AvgIpc) is 2.47. The molecule has 0 fully saturated rings. The Balaban J connectivity index is 2.51. The molecule has 1 heterocycles. The number of nitrogens with zero attached hydrogens (tertiary/aromatic N) is 2. The zero-order chi connectivity index (χ0) is 16.3. The molecule has 0 amide bonds. The average molecular weight is 345 g/mol. The van der Waals surface area contributed by atoms with Crippen molar-refractivity contribution in [2.45, 2.75) is 13.5 Å². The van der Waals surface area contributed by atoms with Crippen molar-refractivity contribution < 1.29 is 18.7 Å². The quantitative estimate of drug-likeness (QED) is 0.792. The Labute approximate surface area is 136 Å². The predicted octanol–water partition coefficient (Wildman–Crippen LogP) is 3.66. The maximum absolute atomic E-state index is 14.2. The fraction of sp³-hybridized carbons (Fsp3) is 0.214. The summed E-state index contributed by atoms with van der Waals surface area (Å²) in [7, 11) is 1.39. The van der Waals surface area contributed by atoms with Crippen LogP contribution in [-0.4, -0.2) is 23.0 Å². The van der Waals surface area contributed by atoms with Crippen LogP contribution < -0.4 is 4.74 Å². The number of rotatable bonds is 4. The Kier molecular flexibility index (Phi) is 5.15. The third kappa shape index (κ3) is 3.45. The van der Waals surface area contributed by atoms with Crippen LogP contribution in [-0.2, 0) is 16.1 Å². The van der Waals surface area contributed by atoms with Gasteiger partial charge in [0.1, 0.15) is 23.8 Å². The molecule has 2 aromatic rings. The van der Waals surface area contributed by atoms with Crippen LogP contribution in [0.5, 0.6) is 5.88 Å². The van der Waals surface area contributed by atoms with Crippen LogP contribution in [0.15, 0.2) is 18.5 Å². The van der Waals surface area contributed by atoms with Gasteiger partial charge < -0.3 is 9.47 Å². The molecule has 0 radical (unpaired) electrons. The molecule has 1 aromatic carbocycles. The normalized spacial score (nSPS) is 10.4. The number of aromatic nitrogens is 2. The van der Waals surface area contributed by atoms with E-state index in [0.29, 0.717) is 5.56 Å². The summed E-state index contributed by atoms with van der Waals surface area (Å²) in [5, 5.41) is 0.212. The Morgan fingerprint density at radius 2 is 2.05 bits per heavy atom. The van der Waals surface area contributed by atoms with Gasteiger partial charge in [-0.2, -0.15) is 0 Å². The number of benzene rings is 1. The van der Waals surface area contributed by atoms with Crippen LogP contribution in [0.1, 0.15) is 12.5 Å². The number of carbonyl (C=O) groups is 1. The highest BCUT2D eigenvalue weighted by Gasteiger charge is 2.18. The van der Waals surface area contributed by atoms with Crippen molar-refractivity contribution in [1.29, 1.82) is 0 Å². The predicted molar refractivity (Wildman–Crippen MR) is 79.5 cm³/mol. The molecule has 0 spiro atoms. The fourth-order valence-corrected chi connectivity index (χ4v) is 2.23. The number of hydrogen-bond acceptors (Lipinski definition) is 5. The molecule has 0 saturated heterocycles. The van der Waals surface area contributed by atoms with Gasteiger partial charge >= 0.3 is 5.97 Å². The second-order valence-corrected chi connectivity index (χ2v) is 5.03. The van der Waals surface area contributed by atoms with E-state index in [0.717, 1.165) is 6.07 Å². The van der Waals surface area contributed by atoms with Crippen LogP contribution in [0, 0.1) is 5.82 Å². The SMILES string of the molecule is COc1ncnc(-c2cc(COC(C)=O)c(Cl)cc2F)c1Cl. The molecule has 0 unspecified atom stereocenters. The molecular formula is C14H11Cl2FN2O3. The maximum Gasteiger partial charge on any atom is 0.302 e. The molecule has 8 heteroatoms. The van der Waals surface area contributed by atoms with E-state index in [4.69, 9.17) is 32.7 Å². The molecule has 0 aliphatic heterocycles. The highest BCUT2D eigenvalue weighted by atomic mass is 35.5. The largest absolute Gasteiger partial charge is 0.480 e. The van der Waals surface area contributed by atoms with E-state index in [-0.39, 0.29) is 33.8 Å². The first-order valence-corrected chi connectivity index (χ1v) is 6.85. The summed E-state index contributed by atoms with van der Waals surface area (Å²) in [5.41, 5.74) is 0.700. The van der Waals surface area contributed by atoms with Gasteiger partial charge in [0.2, 0.25) is 5.88 Å². The summed E-state index contributed by atoms with van der Waals surface area (Å²) >= 11 is 12.0. The molecule has 116 valence electrons. The van der Waals surface area contributed by atoms with Crippen molar-refractivity contribution in [3.8, 4) is 17.1 Å². The molecule has 0 aliphatic carbocycles. The van der Waals surface area contributed by atoms with Crippen LogP contribution in [0.2, 0.25) is 10.0 Å². The van der Waals surface area contributed by atoms with Crippen molar-refractivity contribution in [3.63, 3.8) is 0 Å². The van der Waals surface area contributed by atoms with Crippen molar-refractivity contribution in [3.05, 3.63) is 39.9 Å². The lowest BCUT2D eigenvalue weighted by Crippen LogP contribution is -2.01. The maximum atomic E-state index is 14.2. The first-order chi connectivity index (χ1) is 10.4. The van der Waals surface area contributed by atoms with E-state index >= 15 is 0 Å². The minimum Gasteiger partial charge on any atom is -0.480 e. The summed E-state index contributed by atoms with van der Waals surface area (Å²) in [6, 6.07) is 2.54. The summed E-state index contributed by atoms with van der Waals surface area (Å²) in [6.07, 6.45) is 1.21. The highest BCUT2D eigenvalue weighted by molar-refractivity contribution is 6.34. The molecule has 0 N–H and O–H groups in total. The molecule has 0 bridgehead atoms. The smallest absolute Gasteiger partial charge is 0.302 e. The minimum atomic E-state index is -0.612. The van der Waals surface area contributed by atoms with Gasteiger partial charge in [0, 0.05) is 18.1 Å². The fourth-order valence-electron chi connectivity index (χ4n) is 1.75. The first-order valence-electron chi connectivity index (χ1n) is 6.10. The number of carbonyl (C=O) groups excluding carboxylic acids is 1. The standard InChI is InChI=1S/C14H11Cl2FN2O3/c1-7(20)22-5-8-3-9(11(17)4-10(8)15)13-12(16)14(21-2)19-6-18-13/h3-4,6H,5H2,1-2H3. The van der Waals surface area contributed by atoms with Gasteiger partial charge in [0.15, 0.2) is 0 Å². The molecule has 2 rings (SSSR count). The monoisotopic (exact) mass is 344 g/mol. The molecule has 0 saturated carbocycles. The van der Waals surface area contributed by atoms with Crippen LogP contribution in [0.25, 0.3) is 11.3 Å². The van der Waals surface area contributed by atoms with E-state index in [1.165, 1.54) is 26.4 Å². The Morgan fingerprint density at radius 3 is 2.68 bits per heavy atom. The lowest BCUT2D eigenvalue weighted by atomic mass is 10.1. The zero-order valence-electron chi connectivity index (χ0n) is 11.7. The van der Waals surface area contributed by atoms with Gasteiger partial charge in [-0.1, -0.05) is 23.2 Å². The second kappa shape index (κ2) is 6.89. The minimum absolute atomic E-state index is 0.0738. The number of ether oxygens (including phenoxy) is 2. The topological polar surface area (TPSA) is 61.3 Å². The second-order valence-electron chi connectivity index (χ2n) is 4.25. The van der Waals surface area contributed by atoms with Crippen molar-refractivity contribution in [2.75, 3.05) is 7.11 Å². The van der Waals surface area contributed by atoms with Crippen LogP contribution >= 0.6 is 23.2 Å². The van der Waals surface area contributed by atoms with E-state index in [1.54, 1.807) is 0 Å². The third-order valence-electron chi connectivity index (χ3n) is 2.77. The number of esters is 1. The summed E-state index contributed by atoms with van der Waals surface area (Å²) in [4.78, 5) is 18.7. The van der Waals surface area contributed by atoms with Crippen LogP contribution in [0.3, 0.4) is 0 Å². The molecule has 1 aromatic heterocycles. The van der Waals surface area contributed by atoms with E-state index in [9.17, 15) is 9.18 Å². The Bertz CT molecular complexity index is 725. The number of hydrogen-bond donors (Lipinski definition) is 0. The number of halogens is 3. The van der Waals surface area contributed by atoms with Gasteiger partial charge in [0.25, 0.3) is 0 Å². The Morgan fingerprint density at radius 1 is 1.32 bits per heavy atom. The lowest BCUT2D eigenvalue weighted by Gasteiger charge is -2.11. The summed E-state index contributed by atoms with van der Waals surface area (Å²) in [6.45, 7) is 1.19. The van der Waals surface area contributed by atoms with Gasteiger partial charge in [0.05, 0.1) is 17.8 Å². The van der Waals surface area contributed by atoms with Gasteiger partial charge in [-0.3, -0.25) is 4.79 Å². The molecular weight excluding hydrogens is 334 g/mol. The molecule has 0 atom stereocenters. The number of methoxy groups -OCH3 is 1. The molecule has 5 nitrogen and oxygen atoms in total. The molecule has 0 aliphatic rings. The van der Waals surface area contributed by atoms with E-state index in [2.05, 4.69) is 9.97 Å². The summed E-state index contributed by atoms with van der Waals surface area (Å²) in [5.74, 6) is -0.953. The van der Waals surface area contributed by atoms with E-state index < -0.39 is 11.8 Å². The van der Waals surface area contributed by atoms with Crippen molar-refractivity contribution in [1.82, 2.24) is 9.97 Å². The Hall–Kier alpha value is -1.92.